The molecule has 150 valence electrons. The van der Waals surface area contributed by atoms with Crippen molar-refractivity contribution in [3.63, 3.8) is 0 Å². The second-order valence-electron chi connectivity index (χ2n) is 6.17. The minimum Gasteiger partial charge on any atom is -0.325 e. The van der Waals surface area contributed by atoms with Crippen LogP contribution >= 0.6 is 11.8 Å². The van der Waals surface area contributed by atoms with Crippen molar-refractivity contribution in [1.29, 1.82) is 0 Å². The molecule has 0 fully saturated rings. The number of hydrogen-bond acceptors (Lipinski definition) is 7. The number of amides is 1. The highest BCUT2D eigenvalue weighted by Crippen LogP contribution is 2.24. The molecule has 4 aromatic rings. The van der Waals surface area contributed by atoms with Crippen LogP contribution in [0.1, 0.15) is 0 Å². The summed E-state index contributed by atoms with van der Waals surface area (Å²) in [5.74, 6) is 0.00132. The third-order valence-electron chi connectivity index (χ3n) is 4.14. The van der Waals surface area contributed by atoms with E-state index < -0.39 is 4.92 Å². The van der Waals surface area contributed by atoms with Gasteiger partial charge in [-0.15, -0.1) is 10.2 Å². The number of non-ortho nitro benzene ring substituents is 1. The van der Waals surface area contributed by atoms with E-state index >= 15 is 0 Å². The Kier molecular flexibility index (Phi) is 5.26. The fourth-order valence-corrected chi connectivity index (χ4v) is 3.56. The molecule has 1 amide bonds. The van der Waals surface area contributed by atoms with Gasteiger partial charge in [0.15, 0.2) is 5.16 Å². The number of nitro benzene ring substituents is 1. The maximum atomic E-state index is 12.3. The fourth-order valence-electron chi connectivity index (χ4n) is 2.81. The number of aromatic amines is 1. The van der Waals surface area contributed by atoms with Gasteiger partial charge in [-0.2, -0.15) is 0 Å². The molecule has 0 saturated heterocycles. The number of aromatic nitrogens is 4. The average molecular weight is 422 g/mol. The first-order valence-corrected chi connectivity index (χ1v) is 9.71. The number of nitrogens with zero attached hydrogens (tertiary/aromatic N) is 4. The van der Waals surface area contributed by atoms with E-state index in [4.69, 9.17) is 0 Å². The Morgan fingerprint density at radius 2 is 1.87 bits per heavy atom. The minimum absolute atomic E-state index is 0.0329. The summed E-state index contributed by atoms with van der Waals surface area (Å²) < 4.78 is 1.68. The highest BCUT2D eigenvalue weighted by molar-refractivity contribution is 7.99. The highest BCUT2D eigenvalue weighted by Gasteiger charge is 2.15. The van der Waals surface area contributed by atoms with Gasteiger partial charge in [0.2, 0.25) is 11.7 Å². The lowest BCUT2D eigenvalue weighted by atomic mass is 10.1. The summed E-state index contributed by atoms with van der Waals surface area (Å²) in [6.07, 6.45) is 0. The van der Waals surface area contributed by atoms with Gasteiger partial charge in [0.1, 0.15) is 0 Å². The Bertz CT molecular complexity index is 1280. The lowest BCUT2D eigenvalue weighted by Gasteiger charge is -2.07. The van der Waals surface area contributed by atoms with Gasteiger partial charge in [-0.25, -0.2) is 0 Å². The molecule has 30 heavy (non-hydrogen) atoms. The number of rotatable bonds is 6. The summed E-state index contributed by atoms with van der Waals surface area (Å²) in [7, 11) is 0. The molecule has 4 rings (SSSR count). The molecule has 0 spiro atoms. The molecule has 0 aliphatic rings. The number of H-pyrrole nitrogens is 1. The van der Waals surface area contributed by atoms with Crippen molar-refractivity contribution in [3.8, 4) is 11.3 Å². The zero-order chi connectivity index (χ0) is 21.1. The SMILES string of the molecule is O=C(CSc1nnc2[nH]c(=O)cc(-c3ccccc3)n12)Nc1ccc([N+](=O)[O-])cc1. The Morgan fingerprint density at radius 1 is 1.13 bits per heavy atom. The fraction of sp³-hybridized carbons (Fsp3) is 0.0526. The molecule has 0 saturated carbocycles. The van der Waals surface area contributed by atoms with Gasteiger partial charge in [-0.05, 0) is 17.7 Å². The first kappa shape index (κ1) is 19.3. The topological polar surface area (TPSA) is 135 Å². The summed E-state index contributed by atoms with van der Waals surface area (Å²) in [4.78, 5) is 37.1. The summed E-state index contributed by atoms with van der Waals surface area (Å²) in [5, 5.41) is 21.9. The predicted molar refractivity (Wildman–Crippen MR) is 111 cm³/mol. The number of benzene rings is 2. The van der Waals surface area contributed by atoms with E-state index in [2.05, 4.69) is 20.5 Å². The second-order valence-corrected chi connectivity index (χ2v) is 7.11. The smallest absolute Gasteiger partial charge is 0.269 e. The quantitative estimate of drug-likeness (QED) is 0.277. The summed E-state index contributed by atoms with van der Waals surface area (Å²) >= 11 is 1.15. The third-order valence-corrected chi connectivity index (χ3v) is 5.07. The van der Waals surface area contributed by atoms with Crippen molar-refractivity contribution >= 4 is 34.8 Å². The number of anilines is 1. The van der Waals surface area contributed by atoms with Crippen LogP contribution in [0.5, 0.6) is 0 Å². The molecule has 0 radical (unpaired) electrons. The molecule has 2 aromatic heterocycles. The van der Waals surface area contributed by atoms with Crippen molar-refractivity contribution in [3.05, 3.63) is 81.1 Å². The van der Waals surface area contributed by atoms with Crippen LogP contribution in [0.25, 0.3) is 17.0 Å². The van der Waals surface area contributed by atoms with Crippen LogP contribution in [0.3, 0.4) is 0 Å². The lowest BCUT2D eigenvalue weighted by molar-refractivity contribution is -0.384. The zero-order valence-corrected chi connectivity index (χ0v) is 16.1. The number of hydrogen-bond donors (Lipinski definition) is 2. The van der Waals surface area contributed by atoms with Crippen LogP contribution in [0.15, 0.2) is 70.6 Å². The summed E-state index contributed by atoms with van der Waals surface area (Å²) in [6.45, 7) is 0. The maximum Gasteiger partial charge on any atom is 0.269 e. The van der Waals surface area contributed by atoms with Crippen molar-refractivity contribution in [1.82, 2.24) is 19.6 Å². The minimum atomic E-state index is -0.507. The van der Waals surface area contributed by atoms with Gasteiger partial charge in [0.25, 0.3) is 11.2 Å². The van der Waals surface area contributed by atoms with E-state index in [0.717, 1.165) is 17.3 Å². The molecule has 11 heteroatoms. The maximum absolute atomic E-state index is 12.3. The molecular formula is C19H14N6O4S. The van der Waals surface area contributed by atoms with Crippen LogP contribution < -0.4 is 10.9 Å². The molecule has 10 nitrogen and oxygen atoms in total. The predicted octanol–water partition coefficient (Wildman–Crippen LogP) is 2.72. The molecular weight excluding hydrogens is 408 g/mol. The number of fused-ring (bicyclic) bond motifs is 1. The first-order chi connectivity index (χ1) is 14.5. The van der Waals surface area contributed by atoms with E-state index in [1.54, 1.807) is 4.40 Å². The number of carbonyl (C=O) groups excluding carboxylic acids is 1. The average Bonchev–Trinajstić information content (AvgIpc) is 3.15. The van der Waals surface area contributed by atoms with Gasteiger partial charge in [-0.1, -0.05) is 42.1 Å². The van der Waals surface area contributed by atoms with E-state index in [1.165, 1.54) is 30.3 Å². The summed E-state index contributed by atoms with van der Waals surface area (Å²) in [6, 6.07) is 16.3. The standard InChI is InChI=1S/C19H14N6O4S/c26-16-10-15(12-4-2-1-3-5-12)24-18(21-16)22-23-19(24)30-11-17(27)20-13-6-8-14(9-7-13)25(28)29/h1-10H,11H2,(H,20,27)(H,21,22,26). The lowest BCUT2D eigenvalue weighted by Crippen LogP contribution is -2.14. The highest BCUT2D eigenvalue weighted by atomic mass is 32.2. The molecule has 2 heterocycles. The Balaban J connectivity index is 1.54. The van der Waals surface area contributed by atoms with Crippen LogP contribution in [0, 0.1) is 10.1 Å². The molecule has 0 aliphatic carbocycles. The van der Waals surface area contributed by atoms with Crippen molar-refractivity contribution in [2.45, 2.75) is 5.16 Å². The van der Waals surface area contributed by atoms with E-state index in [9.17, 15) is 19.7 Å². The van der Waals surface area contributed by atoms with Crippen LogP contribution in [-0.2, 0) is 4.79 Å². The van der Waals surface area contributed by atoms with Crippen molar-refractivity contribution < 1.29 is 9.72 Å². The molecule has 0 unspecified atom stereocenters. The number of carbonyl (C=O) groups is 1. The Morgan fingerprint density at radius 3 is 2.57 bits per heavy atom. The van der Waals surface area contributed by atoms with E-state index in [-0.39, 0.29) is 28.7 Å². The number of nitrogens with one attached hydrogen (secondary N) is 2. The first-order valence-electron chi connectivity index (χ1n) is 8.72. The monoisotopic (exact) mass is 422 g/mol. The van der Waals surface area contributed by atoms with Crippen LogP contribution in [-0.4, -0.2) is 36.2 Å². The van der Waals surface area contributed by atoms with Gasteiger partial charge >= 0.3 is 0 Å². The normalized spacial score (nSPS) is 10.8. The largest absolute Gasteiger partial charge is 0.325 e. The van der Waals surface area contributed by atoms with E-state index in [0.29, 0.717) is 16.5 Å². The van der Waals surface area contributed by atoms with Crippen LogP contribution in [0.4, 0.5) is 11.4 Å². The van der Waals surface area contributed by atoms with Crippen LogP contribution in [0.2, 0.25) is 0 Å². The number of nitro groups is 1. The molecule has 0 atom stereocenters. The number of thioether (sulfide) groups is 1. The molecule has 2 N–H and O–H groups in total. The van der Waals surface area contributed by atoms with Gasteiger partial charge in [0, 0.05) is 23.9 Å². The van der Waals surface area contributed by atoms with Crippen molar-refractivity contribution in [2.75, 3.05) is 11.1 Å². The molecule has 0 aliphatic heterocycles. The molecule has 0 bridgehead atoms. The third kappa shape index (κ3) is 4.05. The van der Waals surface area contributed by atoms with Gasteiger partial charge < -0.3 is 5.32 Å². The summed E-state index contributed by atoms with van der Waals surface area (Å²) in [5.41, 5.74) is 1.51. The van der Waals surface area contributed by atoms with Crippen molar-refractivity contribution in [2.24, 2.45) is 0 Å². The second kappa shape index (κ2) is 8.17. The molecule has 2 aromatic carbocycles. The van der Waals surface area contributed by atoms with Gasteiger partial charge in [0.05, 0.1) is 16.4 Å². The zero-order valence-electron chi connectivity index (χ0n) is 15.3. The van der Waals surface area contributed by atoms with E-state index in [1.807, 2.05) is 30.3 Å². The Labute approximate surface area is 173 Å². The Hall–Kier alpha value is -3.99. The van der Waals surface area contributed by atoms with Gasteiger partial charge in [-0.3, -0.25) is 29.1 Å².